The van der Waals surface area contributed by atoms with Crippen molar-refractivity contribution in [2.75, 3.05) is 13.1 Å². The van der Waals surface area contributed by atoms with Crippen molar-refractivity contribution in [3.63, 3.8) is 0 Å². The molecule has 0 unspecified atom stereocenters. The SMILES string of the molecule is CCCNCc1ccoc1CN(CCC)C(C)C. The van der Waals surface area contributed by atoms with Crippen LogP contribution >= 0.6 is 0 Å². The fourth-order valence-electron chi connectivity index (χ4n) is 2.05. The Morgan fingerprint density at radius 2 is 2.06 bits per heavy atom. The number of hydrogen-bond acceptors (Lipinski definition) is 3. The molecule has 1 heterocycles. The van der Waals surface area contributed by atoms with Crippen LogP contribution in [0.4, 0.5) is 0 Å². The molecular formula is C15H28N2O. The van der Waals surface area contributed by atoms with Gasteiger partial charge in [0.2, 0.25) is 0 Å². The molecule has 0 bridgehead atoms. The summed E-state index contributed by atoms with van der Waals surface area (Å²) in [7, 11) is 0. The summed E-state index contributed by atoms with van der Waals surface area (Å²) >= 11 is 0. The van der Waals surface area contributed by atoms with E-state index >= 15 is 0 Å². The maximum Gasteiger partial charge on any atom is 0.122 e. The van der Waals surface area contributed by atoms with E-state index in [1.54, 1.807) is 0 Å². The molecule has 0 fully saturated rings. The van der Waals surface area contributed by atoms with E-state index < -0.39 is 0 Å². The average Bonchev–Trinajstić information content (AvgIpc) is 2.76. The maximum absolute atomic E-state index is 5.64. The lowest BCUT2D eigenvalue weighted by Crippen LogP contribution is -2.31. The molecule has 0 aliphatic carbocycles. The lowest BCUT2D eigenvalue weighted by atomic mass is 10.2. The Bertz CT molecular complexity index is 320. The zero-order chi connectivity index (χ0) is 13.4. The smallest absolute Gasteiger partial charge is 0.122 e. The molecule has 0 aliphatic rings. The second kappa shape index (κ2) is 8.33. The first-order chi connectivity index (χ1) is 8.69. The van der Waals surface area contributed by atoms with Gasteiger partial charge in [0, 0.05) is 18.2 Å². The first-order valence-corrected chi connectivity index (χ1v) is 7.19. The van der Waals surface area contributed by atoms with Gasteiger partial charge in [0.15, 0.2) is 0 Å². The standard InChI is InChI=1S/C15H28N2O/c1-5-8-16-11-14-7-10-18-15(14)12-17(9-6-2)13(3)4/h7,10,13,16H,5-6,8-9,11-12H2,1-4H3. The molecule has 1 rings (SSSR count). The summed E-state index contributed by atoms with van der Waals surface area (Å²) in [5.74, 6) is 1.11. The van der Waals surface area contributed by atoms with Crippen molar-refractivity contribution in [3.05, 3.63) is 23.7 Å². The molecule has 0 radical (unpaired) electrons. The minimum atomic E-state index is 0.562. The topological polar surface area (TPSA) is 28.4 Å². The molecule has 3 heteroatoms. The second-order valence-corrected chi connectivity index (χ2v) is 5.11. The lowest BCUT2D eigenvalue weighted by molar-refractivity contribution is 0.196. The van der Waals surface area contributed by atoms with Gasteiger partial charge in [-0.15, -0.1) is 0 Å². The van der Waals surface area contributed by atoms with Crippen LogP contribution in [-0.4, -0.2) is 24.0 Å². The molecule has 0 atom stereocenters. The molecule has 0 saturated carbocycles. The highest BCUT2D eigenvalue weighted by Crippen LogP contribution is 2.15. The van der Waals surface area contributed by atoms with Crippen LogP contribution in [-0.2, 0) is 13.1 Å². The van der Waals surface area contributed by atoms with Crippen LogP contribution in [0.1, 0.15) is 51.9 Å². The van der Waals surface area contributed by atoms with Crippen LogP contribution in [0.25, 0.3) is 0 Å². The predicted molar refractivity (Wildman–Crippen MR) is 76.5 cm³/mol. The van der Waals surface area contributed by atoms with E-state index in [1.165, 1.54) is 18.4 Å². The summed E-state index contributed by atoms with van der Waals surface area (Å²) in [6.45, 7) is 12.9. The first-order valence-electron chi connectivity index (χ1n) is 7.19. The predicted octanol–water partition coefficient (Wildman–Crippen LogP) is 3.40. The van der Waals surface area contributed by atoms with E-state index in [9.17, 15) is 0 Å². The molecular weight excluding hydrogens is 224 g/mol. The number of furan rings is 1. The van der Waals surface area contributed by atoms with Crippen molar-refractivity contribution in [1.29, 1.82) is 0 Å². The highest BCUT2D eigenvalue weighted by atomic mass is 16.3. The van der Waals surface area contributed by atoms with Gasteiger partial charge in [-0.25, -0.2) is 0 Å². The Kier molecular flexibility index (Phi) is 7.06. The molecule has 1 N–H and O–H groups in total. The van der Waals surface area contributed by atoms with E-state index in [0.29, 0.717) is 6.04 Å². The molecule has 0 amide bonds. The number of nitrogens with zero attached hydrogens (tertiary/aromatic N) is 1. The van der Waals surface area contributed by atoms with Crippen molar-refractivity contribution in [1.82, 2.24) is 10.2 Å². The van der Waals surface area contributed by atoms with Gasteiger partial charge < -0.3 is 9.73 Å². The number of nitrogens with one attached hydrogen (secondary N) is 1. The minimum Gasteiger partial charge on any atom is -0.468 e. The van der Waals surface area contributed by atoms with Crippen LogP contribution in [0, 0.1) is 0 Å². The average molecular weight is 252 g/mol. The van der Waals surface area contributed by atoms with Gasteiger partial charge in [0.25, 0.3) is 0 Å². The van der Waals surface area contributed by atoms with Gasteiger partial charge in [-0.3, -0.25) is 4.90 Å². The summed E-state index contributed by atoms with van der Waals surface area (Å²) in [5, 5.41) is 3.43. The van der Waals surface area contributed by atoms with Crippen LogP contribution < -0.4 is 5.32 Å². The summed E-state index contributed by atoms with van der Waals surface area (Å²) in [6, 6.07) is 2.65. The Morgan fingerprint density at radius 1 is 1.28 bits per heavy atom. The summed E-state index contributed by atoms with van der Waals surface area (Å²) in [5.41, 5.74) is 1.30. The molecule has 0 saturated heterocycles. The molecule has 0 aliphatic heterocycles. The van der Waals surface area contributed by atoms with Crippen molar-refractivity contribution in [2.24, 2.45) is 0 Å². The fraction of sp³-hybridized carbons (Fsp3) is 0.733. The second-order valence-electron chi connectivity index (χ2n) is 5.11. The largest absolute Gasteiger partial charge is 0.468 e. The van der Waals surface area contributed by atoms with E-state index in [0.717, 1.165) is 31.9 Å². The van der Waals surface area contributed by atoms with Gasteiger partial charge in [0.1, 0.15) is 5.76 Å². The number of rotatable bonds is 9. The van der Waals surface area contributed by atoms with E-state index in [-0.39, 0.29) is 0 Å². The van der Waals surface area contributed by atoms with Gasteiger partial charge >= 0.3 is 0 Å². The third-order valence-corrected chi connectivity index (χ3v) is 3.17. The molecule has 1 aromatic rings. The van der Waals surface area contributed by atoms with E-state index in [1.807, 2.05) is 6.26 Å². The molecule has 104 valence electrons. The summed E-state index contributed by atoms with van der Waals surface area (Å²) in [6.07, 6.45) is 4.16. The summed E-state index contributed by atoms with van der Waals surface area (Å²) in [4.78, 5) is 2.46. The highest BCUT2D eigenvalue weighted by molar-refractivity contribution is 5.16. The van der Waals surface area contributed by atoms with Crippen molar-refractivity contribution < 1.29 is 4.42 Å². The Labute approximate surface area is 112 Å². The van der Waals surface area contributed by atoms with Crippen molar-refractivity contribution >= 4 is 0 Å². The van der Waals surface area contributed by atoms with Crippen LogP contribution in [0.3, 0.4) is 0 Å². The first kappa shape index (κ1) is 15.3. The van der Waals surface area contributed by atoms with Gasteiger partial charge in [-0.2, -0.15) is 0 Å². The molecule has 18 heavy (non-hydrogen) atoms. The fourth-order valence-corrected chi connectivity index (χ4v) is 2.05. The van der Waals surface area contributed by atoms with Crippen LogP contribution in [0.5, 0.6) is 0 Å². The summed E-state index contributed by atoms with van der Waals surface area (Å²) < 4.78 is 5.64. The zero-order valence-corrected chi connectivity index (χ0v) is 12.3. The normalized spacial score (nSPS) is 11.7. The van der Waals surface area contributed by atoms with Crippen molar-refractivity contribution in [3.8, 4) is 0 Å². The third-order valence-electron chi connectivity index (χ3n) is 3.17. The molecule has 3 nitrogen and oxygen atoms in total. The van der Waals surface area contributed by atoms with Gasteiger partial charge in [0.05, 0.1) is 12.8 Å². The minimum absolute atomic E-state index is 0.562. The Morgan fingerprint density at radius 3 is 2.67 bits per heavy atom. The zero-order valence-electron chi connectivity index (χ0n) is 12.3. The molecule has 0 spiro atoms. The lowest BCUT2D eigenvalue weighted by Gasteiger charge is -2.25. The third kappa shape index (κ3) is 4.83. The highest BCUT2D eigenvalue weighted by Gasteiger charge is 2.13. The Hall–Kier alpha value is -0.800. The monoisotopic (exact) mass is 252 g/mol. The quantitative estimate of drug-likeness (QED) is 0.683. The van der Waals surface area contributed by atoms with Crippen LogP contribution in [0.15, 0.2) is 16.7 Å². The van der Waals surface area contributed by atoms with Crippen molar-refractivity contribution in [2.45, 2.75) is 59.7 Å². The maximum atomic E-state index is 5.64. The molecule has 1 aromatic heterocycles. The van der Waals surface area contributed by atoms with E-state index in [4.69, 9.17) is 4.42 Å². The van der Waals surface area contributed by atoms with Gasteiger partial charge in [-0.05, 0) is 45.8 Å². The van der Waals surface area contributed by atoms with Gasteiger partial charge in [-0.1, -0.05) is 13.8 Å². The van der Waals surface area contributed by atoms with E-state index in [2.05, 4.69) is 44.0 Å². The Balaban J connectivity index is 2.56. The van der Waals surface area contributed by atoms with Crippen LogP contribution in [0.2, 0.25) is 0 Å². The number of hydrogen-bond donors (Lipinski definition) is 1. The molecule has 0 aromatic carbocycles.